The molecule has 0 aliphatic carbocycles. The number of thiazole rings is 1. The highest BCUT2D eigenvalue weighted by Gasteiger charge is 2.15. The van der Waals surface area contributed by atoms with Gasteiger partial charge in [0.1, 0.15) is 5.75 Å². The fourth-order valence-corrected chi connectivity index (χ4v) is 4.15. The van der Waals surface area contributed by atoms with Crippen molar-refractivity contribution in [3.8, 4) is 5.75 Å². The fraction of sp³-hybridized carbons (Fsp3) is 0.174. The molecule has 6 nitrogen and oxygen atoms in total. The minimum Gasteiger partial charge on any atom is -0.496 e. The summed E-state index contributed by atoms with van der Waals surface area (Å²) in [6.45, 7) is 1.96. The Kier molecular flexibility index (Phi) is 5.63. The predicted molar refractivity (Wildman–Crippen MR) is 122 cm³/mol. The second-order valence-electron chi connectivity index (χ2n) is 6.85. The number of carbonyl (C=O) groups is 2. The lowest BCUT2D eigenvalue weighted by molar-refractivity contribution is -0.116. The third kappa shape index (κ3) is 4.11. The molecule has 2 N–H and O–H groups in total. The van der Waals surface area contributed by atoms with E-state index in [0.717, 1.165) is 27.4 Å². The number of aromatic nitrogens is 1. The molecular weight excluding hydrogens is 398 g/mol. The van der Waals surface area contributed by atoms with E-state index in [2.05, 4.69) is 15.6 Å². The molecule has 0 spiro atoms. The van der Waals surface area contributed by atoms with Crippen LogP contribution in [0.15, 0.2) is 54.6 Å². The van der Waals surface area contributed by atoms with E-state index in [9.17, 15) is 9.59 Å². The molecule has 3 aromatic carbocycles. The SMILES string of the molecule is CCCC(=O)Nc1nc2ccc(NC(=O)c3cc4ccccc4cc3OC)cc2s1. The lowest BCUT2D eigenvalue weighted by Gasteiger charge is -2.11. The van der Waals surface area contributed by atoms with Crippen LogP contribution in [0.3, 0.4) is 0 Å². The first-order chi connectivity index (χ1) is 14.6. The summed E-state index contributed by atoms with van der Waals surface area (Å²) in [4.78, 5) is 29.2. The third-order valence-electron chi connectivity index (χ3n) is 4.68. The summed E-state index contributed by atoms with van der Waals surface area (Å²) in [5.41, 5.74) is 1.89. The number of hydrogen-bond donors (Lipinski definition) is 2. The summed E-state index contributed by atoms with van der Waals surface area (Å²) in [6, 6.07) is 17.0. The Labute approximate surface area is 177 Å². The largest absolute Gasteiger partial charge is 0.496 e. The molecule has 1 aromatic heterocycles. The van der Waals surface area contributed by atoms with Crippen LogP contribution < -0.4 is 15.4 Å². The zero-order valence-electron chi connectivity index (χ0n) is 16.7. The van der Waals surface area contributed by atoms with Gasteiger partial charge in [-0.2, -0.15) is 0 Å². The monoisotopic (exact) mass is 419 g/mol. The molecule has 1 heterocycles. The number of hydrogen-bond acceptors (Lipinski definition) is 5. The molecule has 2 amide bonds. The van der Waals surface area contributed by atoms with Gasteiger partial charge >= 0.3 is 0 Å². The van der Waals surface area contributed by atoms with Crippen LogP contribution in [0.2, 0.25) is 0 Å². The molecule has 152 valence electrons. The Morgan fingerprint density at radius 2 is 1.80 bits per heavy atom. The van der Waals surface area contributed by atoms with Gasteiger partial charge in [0.25, 0.3) is 5.91 Å². The number of methoxy groups -OCH3 is 1. The van der Waals surface area contributed by atoms with Crippen molar-refractivity contribution in [2.75, 3.05) is 17.7 Å². The van der Waals surface area contributed by atoms with Gasteiger partial charge in [-0.15, -0.1) is 0 Å². The minimum atomic E-state index is -0.252. The Morgan fingerprint density at radius 3 is 2.53 bits per heavy atom. The highest BCUT2D eigenvalue weighted by atomic mass is 32.1. The van der Waals surface area contributed by atoms with Crippen LogP contribution in [0.4, 0.5) is 10.8 Å². The first-order valence-electron chi connectivity index (χ1n) is 9.66. The first kappa shape index (κ1) is 19.8. The average molecular weight is 420 g/mol. The van der Waals surface area contributed by atoms with Gasteiger partial charge < -0.3 is 15.4 Å². The standard InChI is InChI=1S/C23H21N3O3S/c1-3-6-21(27)26-23-25-18-10-9-16(13-20(18)30-23)24-22(28)17-11-14-7-4-5-8-15(14)12-19(17)29-2/h4-5,7-13H,3,6H2,1-2H3,(H,24,28)(H,25,26,27). The quantitative estimate of drug-likeness (QED) is 0.436. The Hall–Kier alpha value is -3.45. The fourth-order valence-electron chi connectivity index (χ4n) is 3.23. The van der Waals surface area contributed by atoms with Crippen molar-refractivity contribution in [3.05, 3.63) is 60.2 Å². The van der Waals surface area contributed by atoms with Crippen LogP contribution in [0, 0.1) is 0 Å². The highest BCUT2D eigenvalue weighted by Crippen LogP contribution is 2.30. The molecule has 0 unspecified atom stereocenters. The van der Waals surface area contributed by atoms with Gasteiger partial charge in [0.2, 0.25) is 5.91 Å². The molecule has 0 saturated heterocycles. The van der Waals surface area contributed by atoms with Crippen LogP contribution in [0.1, 0.15) is 30.1 Å². The van der Waals surface area contributed by atoms with E-state index < -0.39 is 0 Å². The number of nitrogens with zero attached hydrogens (tertiary/aromatic N) is 1. The van der Waals surface area contributed by atoms with E-state index in [-0.39, 0.29) is 11.8 Å². The second kappa shape index (κ2) is 8.51. The van der Waals surface area contributed by atoms with Gasteiger partial charge in [0, 0.05) is 12.1 Å². The van der Waals surface area contributed by atoms with E-state index in [1.165, 1.54) is 11.3 Å². The Morgan fingerprint density at radius 1 is 1.03 bits per heavy atom. The molecule has 30 heavy (non-hydrogen) atoms. The number of carbonyl (C=O) groups excluding carboxylic acids is 2. The van der Waals surface area contributed by atoms with Crippen molar-refractivity contribution in [2.45, 2.75) is 19.8 Å². The maximum Gasteiger partial charge on any atom is 0.259 e. The number of nitrogens with one attached hydrogen (secondary N) is 2. The molecule has 4 aromatic rings. The molecule has 7 heteroatoms. The van der Waals surface area contributed by atoms with Crippen LogP contribution >= 0.6 is 11.3 Å². The molecule has 0 bridgehead atoms. The molecular formula is C23H21N3O3S. The maximum atomic E-state index is 12.9. The third-order valence-corrected chi connectivity index (χ3v) is 5.62. The smallest absolute Gasteiger partial charge is 0.259 e. The molecule has 0 aliphatic rings. The summed E-state index contributed by atoms with van der Waals surface area (Å²) < 4.78 is 6.31. The average Bonchev–Trinajstić information content (AvgIpc) is 3.14. The maximum absolute atomic E-state index is 12.9. The molecule has 0 saturated carbocycles. The molecule has 0 atom stereocenters. The topological polar surface area (TPSA) is 80.3 Å². The van der Waals surface area contributed by atoms with Gasteiger partial charge in [-0.25, -0.2) is 4.98 Å². The predicted octanol–water partition coefficient (Wildman–Crippen LogP) is 5.45. The lowest BCUT2D eigenvalue weighted by Crippen LogP contribution is -2.13. The first-order valence-corrected chi connectivity index (χ1v) is 10.5. The number of fused-ring (bicyclic) bond motifs is 2. The van der Waals surface area contributed by atoms with Gasteiger partial charge in [-0.3, -0.25) is 9.59 Å². The van der Waals surface area contributed by atoms with Crippen molar-refractivity contribution in [2.24, 2.45) is 0 Å². The minimum absolute atomic E-state index is 0.0477. The number of amides is 2. The van der Waals surface area contributed by atoms with Crippen molar-refractivity contribution in [3.63, 3.8) is 0 Å². The normalized spacial score (nSPS) is 10.9. The second-order valence-corrected chi connectivity index (χ2v) is 7.88. The van der Waals surface area contributed by atoms with Crippen molar-refractivity contribution >= 4 is 55.0 Å². The van der Waals surface area contributed by atoms with Crippen LogP contribution in [0.5, 0.6) is 5.75 Å². The van der Waals surface area contributed by atoms with Gasteiger partial charge in [0.05, 0.1) is 22.9 Å². The van der Waals surface area contributed by atoms with E-state index in [0.29, 0.717) is 28.6 Å². The zero-order chi connectivity index (χ0) is 21.1. The highest BCUT2D eigenvalue weighted by molar-refractivity contribution is 7.22. The summed E-state index contributed by atoms with van der Waals surface area (Å²) in [7, 11) is 1.55. The number of ether oxygens (including phenoxy) is 1. The number of benzene rings is 3. The van der Waals surface area contributed by atoms with Crippen LogP contribution in [0.25, 0.3) is 21.0 Å². The summed E-state index contributed by atoms with van der Waals surface area (Å²) >= 11 is 1.38. The van der Waals surface area contributed by atoms with Crippen LogP contribution in [-0.2, 0) is 4.79 Å². The summed E-state index contributed by atoms with van der Waals surface area (Å²) in [5, 5.41) is 8.28. The Balaban J connectivity index is 1.58. The molecule has 0 radical (unpaired) electrons. The summed E-state index contributed by atoms with van der Waals surface area (Å²) in [6.07, 6.45) is 1.25. The van der Waals surface area contributed by atoms with E-state index >= 15 is 0 Å². The van der Waals surface area contributed by atoms with E-state index in [1.54, 1.807) is 13.2 Å². The van der Waals surface area contributed by atoms with Crippen molar-refractivity contribution < 1.29 is 14.3 Å². The summed E-state index contributed by atoms with van der Waals surface area (Å²) in [5.74, 6) is 0.220. The van der Waals surface area contributed by atoms with Gasteiger partial charge in [0.15, 0.2) is 5.13 Å². The van der Waals surface area contributed by atoms with Gasteiger partial charge in [-0.1, -0.05) is 42.5 Å². The molecule has 4 rings (SSSR count). The number of rotatable bonds is 6. The molecule has 0 aliphatic heterocycles. The van der Waals surface area contributed by atoms with Crippen LogP contribution in [-0.4, -0.2) is 23.9 Å². The zero-order valence-corrected chi connectivity index (χ0v) is 17.5. The van der Waals surface area contributed by atoms with Crippen molar-refractivity contribution in [1.29, 1.82) is 0 Å². The van der Waals surface area contributed by atoms with Gasteiger partial charge in [-0.05, 0) is 47.5 Å². The van der Waals surface area contributed by atoms with E-state index in [1.807, 2.05) is 55.5 Å². The molecule has 0 fully saturated rings. The number of anilines is 2. The Bertz CT molecular complexity index is 1250. The van der Waals surface area contributed by atoms with E-state index in [4.69, 9.17) is 4.74 Å². The lowest BCUT2D eigenvalue weighted by atomic mass is 10.1. The van der Waals surface area contributed by atoms with Crippen molar-refractivity contribution in [1.82, 2.24) is 4.98 Å².